The van der Waals surface area contributed by atoms with Crippen LogP contribution in [0.4, 0.5) is 13.2 Å². The third kappa shape index (κ3) is 2.63. The molecule has 0 aromatic carbocycles. The van der Waals surface area contributed by atoms with E-state index in [0.29, 0.717) is 0 Å². The Morgan fingerprint density at radius 1 is 1.24 bits per heavy atom. The Morgan fingerprint density at radius 2 is 1.88 bits per heavy atom. The zero-order valence-corrected chi connectivity index (χ0v) is 19.0. The molecule has 0 unspecified atom stereocenters. The van der Waals surface area contributed by atoms with Crippen molar-refractivity contribution in [2.24, 2.45) is 28.6 Å². The van der Waals surface area contributed by atoms with Crippen LogP contribution in [-0.2, 0) is 19.1 Å². The van der Waals surface area contributed by atoms with Gasteiger partial charge in [-0.25, -0.2) is 18.0 Å². The summed E-state index contributed by atoms with van der Waals surface area (Å²) in [7, 11) is 0. The number of aliphatic hydroxyl groups is 1. The van der Waals surface area contributed by atoms with Crippen LogP contribution in [0.2, 0.25) is 0 Å². The van der Waals surface area contributed by atoms with Crippen LogP contribution in [-0.4, -0.2) is 51.5 Å². The molecule has 4 rings (SSSR count). The molecule has 0 aromatic rings. The maximum absolute atomic E-state index is 17.1. The summed E-state index contributed by atoms with van der Waals surface area (Å²) in [5.74, 6) is -7.23. The first kappa shape index (κ1) is 24.0. The second kappa shape index (κ2) is 7.17. The van der Waals surface area contributed by atoms with Crippen molar-refractivity contribution in [1.29, 1.82) is 0 Å². The van der Waals surface area contributed by atoms with Gasteiger partial charge in [-0.3, -0.25) is 9.59 Å². The van der Waals surface area contributed by atoms with Crippen molar-refractivity contribution in [3.8, 4) is 0 Å². The summed E-state index contributed by atoms with van der Waals surface area (Å²) < 4.78 is 52.8. The molecule has 0 spiro atoms. The van der Waals surface area contributed by atoms with E-state index in [9.17, 15) is 29.0 Å². The summed E-state index contributed by atoms with van der Waals surface area (Å²) in [4.78, 5) is 36.7. The highest BCUT2D eigenvalue weighted by molar-refractivity contribution is 6.04. The second-order valence-electron chi connectivity index (χ2n) is 10.5. The van der Waals surface area contributed by atoms with Gasteiger partial charge in [0.05, 0.1) is 6.10 Å². The number of allylic oxidation sites excluding steroid dienone is 4. The molecule has 3 fully saturated rings. The van der Waals surface area contributed by atoms with Gasteiger partial charge in [-0.1, -0.05) is 26.8 Å². The fourth-order valence-electron chi connectivity index (χ4n) is 7.59. The van der Waals surface area contributed by atoms with E-state index in [-0.39, 0.29) is 19.3 Å². The minimum absolute atomic E-state index is 0.0710. The first-order chi connectivity index (χ1) is 15.2. The number of esters is 1. The normalized spacial score (nSPS) is 48.7. The Balaban J connectivity index is 1.89. The number of hydrogen-bond donors (Lipinski definition) is 2. The largest absolute Gasteiger partial charge is 0.478 e. The number of carboxylic acids is 1. The molecule has 0 heterocycles. The zero-order valence-electron chi connectivity index (χ0n) is 19.0. The summed E-state index contributed by atoms with van der Waals surface area (Å²) in [6, 6.07) is 0. The van der Waals surface area contributed by atoms with Crippen molar-refractivity contribution in [2.75, 3.05) is 0 Å². The number of aliphatic hydroxyl groups excluding tert-OH is 1. The Kier molecular flexibility index (Phi) is 5.21. The van der Waals surface area contributed by atoms with Crippen LogP contribution in [0.5, 0.6) is 0 Å². The first-order valence-electron chi connectivity index (χ1n) is 11.3. The van der Waals surface area contributed by atoms with Crippen LogP contribution in [0, 0.1) is 28.6 Å². The predicted octanol–water partition coefficient (Wildman–Crippen LogP) is 3.63. The fourth-order valence-corrected chi connectivity index (χ4v) is 7.59. The molecular weight excluding hydrogens is 441 g/mol. The number of ether oxygens (including phenoxy) is 1. The lowest BCUT2D eigenvalue weighted by Crippen LogP contribution is -2.71. The van der Waals surface area contributed by atoms with Gasteiger partial charge in [0.2, 0.25) is 11.4 Å². The van der Waals surface area contributed by atoms with Crippen LogP contribution >= 0.6 is 0 Å². The molecule has 9 atom stereocenters. The lowest BCUT2D eigenvalue weighted by Gasteiger charge is -2.62. The maximum atomic E-state index is 17.1. The molecular formula is C24H29F3O6. The number of fused-ring (bicyclic) bond motifs is 5. The molecule has 182 valence electrons. The highest BCUT2D eigenvalue weighted by atomic mass is 19.2. The Hall–Kier alpha value is -2.16. The molecule has 0 bridgehead atoms. The first-order valence-corrected chi connectivity index (χ1v) is 11.3. The van der Waals surface area contributed by atoms with Crippen LogP contribution in [0.1, 0.15) is 53.4 Å². The number of hydrogen-bond acceptors (Lipinski definition) is 5. The average Bonchev–Trinajstić information content (AvgIpc) is 2.95. The molecule has 6 nitrogen and oxygen atoms in total. The quantitative estimate of drug-likeness (QED) is 0.611. The van der Waals surface area contributed by atoms with Gasteiger partial charge < -0.3 is 14.9 Å². The number of ketones is 1. The predicted molar refractivity (Wildman–Crippen MR) is 110 cm³/mol. The van der Waals surface area contributed by atoms with Gasteiger partial charge in [0.25, 0.3) is 0 Å². The maximum Gasteiger partial charge on any atom is 0.349 e. The van der Waals surface area contributed by atoms with E-state index in [2.05, 4.69) is 0 Å². The number of halogens is 3. The molecule has 0 radical (unpaired) electrons. The summed E-state index contributed by atoms with van der Waals surface area (Å²) in [5, 5.41) is 21.5. The summed E-state index contributed by atoms with van der Waals surface area (Å²) in [6.07, 6.45) is -2.67. The molecule has 33 heavy (non-hydrogen) atoms. The number of alkyl halides is 2. The summed E-state index contributed by atoms with van der Waals surface area (Å²) >= 11 is 0. The van der Waals surface area contributed by atoms with Gasteiger partial charge >= 0.3 is 11.9 Å². The van der Waals surface area contributed by atoms with Gasteiger partial charge in [0.1, 0.15) is 6.17 Å². The lowest BCUT2D eigenvalue weighted by atomic mass is 9.44. The number of rotatable bonds is 3. The van der Waals surface area contributed by atoms with E-state index in [0.717, 1.165) is 12.2 Å². The molecule has 0 saturated heterocycles. The molecule has 3 saturated carbocycles. The van der Waals surface area contributed by atoms with E-state index in [1.165, 1.54) is 13.8 Å². The topological polar surface area (TPSA) is 101 Å². The summed E-state index contributed by atoms with van der Waals surface area (Å²) in [6.45, 7) is 5.93. The molecule has 4 aliphatic carbocycles. The van der Waals surface area contributed by atoms with Crippen molar-refractivity contribution in [3.05, 3.63) is 23.6 Å². The Bertz CT molecular complexity index is 993. The Morgan fingerprint density at radius 3 is 2.45 bits per heavy atom. The van der Waals surface area contributed by atoms with E-state index < -0.39 is 87.7 Å². The molecule has 9 heteroatoms. The lowest BCUT2D eigenvalue weighted by molar-refractivity contribution is -0.237. The number of carboxylic acid groups (broad SMARTS) is 1. The second-order valence-corrected chi connectivity index (χ2v) is 10.5. The molecule has 4 aliphatic rings. The van der Waals surface area contributed by atoms with E-state index in [4.69, 9.17) is 4.74 Å². The SMILES string of the molecule is CCC(=O)O[C@]1(C(=O)O)[C@@H](C)C[C@H]2[C@@H]3C[C@H](F)C4=C(F)C(=O)C=C[C@]4(C)[C@@]3(F)[C@@H](O)C[C@@]21C. The van der Waals surface area contributed by atoms with E-state index in [1.807, 2.05) is 0 Å². The third-order valence-corrected chi connectivity index (χ3v) is 9.13. The third-order valence-electron chi connectivity index (χ3n) is 9.13. The molecule has 2 N–H and O–H groups in total. The van der Waals surface area contributed by atoms with Crippen molar-refractivity contribution in [3.63, 3.8) is 0 Å². The van der Waals surface area contributed by atoms with E-state index in [1.54, 1.807) is 13.8 Å². The van der Waals surface area contributed by atoms with Crippen LogP contribution in [0.15, 0.2) is 23.6 Å². The molecule has 0 amide bonds. The van der Waals surface area contributed by atoms with Crippen LogP contribution in [0.25, 0.3) is 0 Å². The summed E-state index contributed by atoms with van der Waals surface area (Å²) in [5.41, 5.74) is -8.50. The number of aliphatic carboxylic acids is 1. The fraction of sp³-hybridized carbons (Fsp3) is 0.708. The highest BCUT2D eigenvalue weighted by Crippen LogP contribution is 2.71. The minimum Gasteiger partial charge on any atom is -0.478 e. The Labute approximate surface area is 189 Å². The zero-order chi connectivity index (χ0) is 24.7. The monoisotopic (exact) mass is 470 g/mol. The van der Waals surface area contributed by atoms with Gasteiger partial charge in [0, 0.05) is 34.7 Å². The van der Waals surface area contributed by atoms with Crippen molar-refractivity contribution < 1.29 is 42.5 Å². The van der Waals surface area contributed by atoms with Gasteiger partial charge in [0.15, 0.2) is 11.5 Å². The van der Waals surface area contributed by atoms with Gasteiger partial charge in [-0.2, -0.15) is 0 Å². The number of carbonyl (C=O) groups is 3. The van der Waals surface area contributed by atoms with Gasteiger partial charge in [-0.15, -0.1) is 0 Å². The standard InChI is InChI=1S/C24H29F3O6/c1-5-17(30)33-24(20(31)32)11(2)8-12-13-9-14(25)18-19(26)15(28)6-7-21(18,3)23(13,27)16(29)10-22(12,24)4/h6-7,11-14,16,29H,5,8-10H2,1-4H3,(H,31,32)/t11-,12-,13-,14-,16-,21-,22-,23-,24-/m0/s1. The van der Waals surface area contributed by atoms with E-state index >= 15 is 8.78 Å². The van der Waals surface area contributed by atoms with Crippen molar-refractivity contribution in [1.82, 2.24) is 0 Å². The average molecular weight is 470 g/mol. The van der Waals surface area contributed by atoms with Crippen molar-refractivity contribution >= 4 is 17.7 Å². The van der Waals surface area contributed by atoms with Crippen molar-refractivity contribution in [2.45, 2.75) is 76.9 Å². The smallest absolute Gasteiger partial charge is 0.349 e. The van der Waals surface area contributed by atoms with Crippen LogP contribution in [0.3, 0.4) is 0 Å². The van der Waals surface area contributed by atoms with Crippen LogP contribution < -0.4 is 0 Å². The molecule has 0 aliphatic heterocycles. The molecule has 0 aromatic heterocycles. The minimum atomic E-state index is -2.55. The highest BCUT2D eigenvalue weighted by Gasteiger charge is 2.78. The van der Waals surface area contributed by atoms with Gasteiger partial charge in [-0.05, 0) is 38.2 Å². The number of carbonyl (C=O) groups excluding carboxylic acids is 2.